The van der Waals surface area contributed by atoms with Gasteiger partial charge in [-0.15, -0.1) is 0 Å². The Balaban J connectivity index is 1.36. The van der Waals surface area contributed by atoms with Crippen LogP contribution in [0.3, 0.4) is 0 Å². The van der Waals surface area contributed by atoms with Crippen LogP contribution in [-0.4, -0.2) is 43.6 Å². The Kier molecular flexibility index (Phi) is 14.6. The first kappa shape index (κ1) is 47.0. The van der Waals surface area contributed by atoms with Crippen LogP contribution in [0.1, 0.15) is 67.7 Å². The van der Waals surface area contributed by atoms with Gasteiger partial charge in [0.15, 0.2) is 0 Å². The molecule has 8 rings (SSSR count). The van der Waals surface area contributed by atoms with Crippen LogP contribution in [0.25, 0.3) is 0 Å². The summed E-state index contributed by atoms with van der Waals surface area (Å²) in [6.07, 6.45) is 4.72. The average Bonchev–Trinajstić information content (AvgIpc) is 3.38. The molecular weight excluding hydrogens is 943 g/mol. The van der Waals surface area contributed by atoms with Crippen LogP contribution >= 0.6 is 23.0 Å². The van der Waals surface area contributed by atoms with E-state index in [1.807, 2.05) is 0 Å². The minimum Gasteiger partial charge on any atom is -0.413 e. The Morgan fingerprint density at radius 1 is 0.362 bits per heavy atom. The highest BCUT2D eigenvalue weighted by atomic mass is 31.3. The molecule has 1 aliphatic heterocycles. The summed E-state index contributed by atoms with van der Waals surface area (Å²) < 4.78 is 55.9. The summed E-state index contributed by atoms with van der Waals surface area (Å²) in [4.78, 5) is 71.3. The highest BCUT2D eigenvalue weighted by Crippen LogP contribution is 2.78. The Bertz CT molecular complexity index is 2980. The molecule has 0 radical (unpaired) electrons. The van der Waals surface area contributed by atoms with Crippen LogP contribution in [0, 0.1) is 0 Å². The molecule has 0 aromatic heterocycles. The number of hydrogen-bond donors (Lipinski definition) is 1. The minimum absolute atomic E-state index is 0.119. The molecule has 1 atom stereocenters. The lowest BCUT2D eigenvalue weighted by Gasteiger charge is -2.33. The number of carbonyl (C=O) groups is 6. The number of rotatable bonds is 20. The summed E-state index contributed by atoms with van der Waals surface area (Å²) in [5.41, 5.74) is 5.13. The summed E-state index contributed by atoms with van der Waals surface area (Å²) in [7, 11) is -13.3. The van der Waals surface area contributed by atoms with Crippen LogP contribution in [0.15, 0.2) is 195 Å². The van der Waals surface area contributed by atoms with Crippen molar-refractivity contribution in [1.29, 1.82) is 0 Å². The van der Waals surface area contributed by atoms with Crippen molar-refractivity contribution in [3.8, 4) is 34.5 Å². The summed E-state index contributed by atoms with van der Waals surface area (Å²) in [6.45, 7) is 0. The number of hydrazone groups is 1. The Morgan fingerprint density at radius 2 is 0.609 bits per heavy atom. The number of nitrogens with one attached hydrogen (secondary N) is 1. The van der Waals surface area contributed by atoms with E-state index in [0.717, 1.165) is 0 Å². The van der Waals surface area contributed by atoms with E-state index in [1.165, 1.54) is 128 Å². The first-order chi connectivity index (χ1) is 33.6. The van der Waals surface area contributed by atoms with Crippen molar-refractivity contribution in [2.45, 2.75) is 0 Å². The van der Waals surface area contributed by atoms with Gasteiger partial charge in [-0.1, -0.05) is 31.7 Å². The summed E-state index contributed by atoms with van der Waals surface area (Å²) in [5.74, 6) is 0.324. The third kappa shape index (κ3) is 12.1. The molecule has 7 aromatic carbocycles. The van der Waals surface area contributed by atoms with Crippen molar-refractivity contribution < 1.29 is 55.9 Å². The van der Waals surface area contributed by atoms with E-state index in [9.17, 15) is 28.8 Å². The normalized spacial score (nSPS) is 15.3. The smallest absolute Gasteiger partial charge is 0.413 e. The van der Waals surface area contributed by atoms with Crippen molar-refractivity contribution >= 4 is 66.5 Å². The van der Waals surface area contributed by atoms with Gasteiger partial charge in [0.25, 0.3) is 5.91 Å². The second-order valence-electron chi connectivity index (χ2n) is 14.4. The maximum atomic E-state index is 12.6. The molecule has 7 aromatic rings. The van der Waals surface area contributed by atoms with Crippen molar-refractivity contribution in [2.24, 2.45) is 18.6 Å². The fraction of sp³-hybridized carbons (Fsp3) is 0. The standard InChI is InChI=1S/C49H36N5O12P3/c55-31-37-8-20-44(21-9-37)62-67(61-43-18-6-36(7-19-43)30-50-51-49(60)42-4-2-1-3-5-42)52-68(63-45-22-10-38(32-56)11-23-45,64-46-24-12-39(33-57)13-25-46)54-69(53-67,65-47-26-14-40(34-58)15-27-47)66-48-28-16-41(35-59)17-29-48/h1-35H,(H,51,60). The number of aldehydes is 5. The predicted octanol–water partition coefficient (Wildman–Crippen LogP) is 12.1. The molecule has 17 nitrogen and oxygen atoms in total. The quantitative estimate of drug-likeness (QED) is 0.0326. The number of nitrogens with zero attached hydrogens (tertiary/aromatic N) is 4. The molecule has 0 saturated carbocycles. The molecule has 1 N–H and O–H groups in total. The summed E-state index contributed by atoms with van der Waals surface area (Å²) in [6, 6.07) is 45.1. The van der Waals surface area contributed by atoms with E-state index >= 15 is 0 Å². The zero-order valence-corrected chi connectivity index (χ0v) is 38.4. The summed E-state index contributed by atoms with van der Waals surface area (Å²) in [5, 5.41) is 4.10. The van der Waals surface area contributed by atoms with E-state index in [2.05, 4.69) is 10.5 Å². The third-order valence-electron chi connectivity index (χ3n) is 9.40. The average molecular weight is 980 g/mol. The lowest BCUT2D eigenvalue weighted by atomic mass is 10.2. The van der Waals surface area contributed by atoms with Crippen LogP contribution in [0.2, 0.25) is 0 Å². The molecule has 1 amide bonds. The second-order valence-corrected chi connectivity index (χ2v) is 20.5. The topological polar surface area (TPSA) is 219 Å². The molecule has 0 aliphatic carbocycles. The largest absolute Gasteiger partial charge is 0.460 e. The molecule has 0 fully saturated rings. The number of hydrogen-bond acceptors (Lipinski definition) is 16. The Morgan fingerprint density at radius 3 is 0.855 bits per heavy atom. The van der Waals surface area contributed by atoms with Crippen LogP contribution in [0.5, 0.6) is 34.5 Å². The van der Waals surface area contributed by atoms with E-state index < -0.39 is 28.9 Å². The lowest BCUT2D eigenvalue weighted by molar-refractivity contribution is 0.0953. The highest BCUT2D eigenvalue weighted by Gasteiger charge is 2.49. The second kappa shape index (κ2) is 21.4. The molecule has 0 saturated heterocycles. The van der Waals surface area contributed by atoms with Gasteiger partial charge in [0.05, 0.1) is 6.21 Å². The SMILES string of the molecule is O=Cc1ccc(OP2(Oc3ccc(C=O)cc3)=NP(Oc3ccc(C=O)cc3)(Oc3ccc(C=O)cc3)=NP(Oc3ccc(C=O)cc3)(Oc3ccc(C=NNC(=O)c4ccccc4)cc3)=N2)cc1. The van der Waals surface area contributed by atoms with Crippen LogP contribution < -0.4 is 32.6 Å². The number of carbonyl (C=O) groups excluding carboxylic acids is 6. The van der Waals surface area contributed by atoms with Crippen molar-refractivity contribution in [1.82, 2.24) is 5.43 Å². The molecule has 20 heteroatoms. The van der Waals surface area contributed by atoms with Gasteiger partial charge >= 0.3 is 23.0 Å². The predicted molar refractivity (Wildman–Crippen MR) is 259 cm³/mol. The molecule has 344 valence electrons. The number of amides is 1. The van der Waals surface area contributed by atoms with Crippen LogP contribution in [0.4, 0.5) is 0 Å². The zero-order chi connectivity index (χ0) is 48.1. The molecule has 0 bridgehead atoms. The zero-order valence-electron chi connectivity index (χ0n) is 35.7. The molecule has 1 unspecified atom stereocenters. The monoisotopic (exact) mass is 979 g/mol. The van der Waals surface area contributed by atoms with E-state index in [-0.39, 0.29) is 34.5 Å². The van der Waals surface area contributed by atoms with E-state index in [0.29, 0.717) is 70.4 Å². The minimum atomic E-state index is -4.44. The maximum Gasteiger partial charge on any atom is 0.460 e. The van der Waals surface area contributed by atoms with Crippen molar-refractivity contribution in [2.75, 3.05) is 0 Å². The third-order valence-corrected chi connectivity index (χ3v) is 17.5. The van der Waals surface area contributed by atoms with Gasteiger partial charge in [0.2, 0.25) is 0 Å². The van der Waals surface area contributed by atoms with Gasteiger partial charge < -0.3 is 27.1 Å². The molecule has 1 aliphatic rings. The Labute approximate surface area is 394 Å². The van der Waals surface area contributed by atoms with E-state index in [1.54, 1.807) is 54.6 Å². The van der Waals surface area contributed by atoms with Gasteiger partial charge in [-0.3, -0.25) is 28.8 Å². The summed E-state index contributed by atoms with van der Waals surface area (Å²) >= 11 is 0. The highest BCUT2D eigenvalue weighted by molar-refractivity contribution is 7.79. The van der Waals surface area contributed by atoms with Gasteiger partial charge in [-0.2, -0.15) is 5.10 Å². The van der Waals surface area contributed by atoms with Gasteiger partial charge in [0, 0.05) is 33.4 Å². The number of benzene rings is 7. The Hall–Kier alpha value is -8.48. The van der Waals surface area contributed by atoms with Gasteiger partial charge in [0.1, 0.15) is 65.9 Å². The fourth-order valence-corrected chi connectivity index (χ4v) is 15.1. The molecular formula is C49H36N5O12P3. The first-order valence-electron chi connectivity index (χ1n) is 20.5. The van der Waals surface area contributed by atoms with Gasteiger partial charge in [-0.25, -0.2) is 5.43 Å². The van der Waals surface area contributed by atoms with Crippen molar-refractivity contribution in [3.05, 3.63) is 215 Å². The molecule has 69 heavy (non-hydrogen) atoms. The van der Waals surface area contributed by atoms with Crippen molar-refractivity contribution in [3.63, 3.8) is 0 Å². The van der Waals surface area contributed by atoms with E-state index in [4.69, 9.17) is 40.7 Å². The van der Waals surface area contributed by atoms with Crippen LogP contribution in [-0.2, 0) is 0 Å². The van der Waals surface area contributed by atoms with Gasteiger partial charge in [-0.05, 0) is 163 Å². The maximum absolute atomic E-state index is 12.6. The first-order valence-corrected chi connectivity index (χ1v) is 25.0. The molecule has 1 heterocycles. The fourth-order valence-electron chi connectivity index (χ4n) is 6.05. The lowest BCUT2D eigenvalue weighted by Crippen LogP contribution is -2.17. The molecule has 0 spiro atoms.